The molecule has 0 spiro atoms. The normalized spacial score (nSPS) is 12.3. The number of nitrogens with one attached hydrogen (secondary N) is 1. The van der Waals surface area contributed by atoms with Crippen LogP contribution in [0.5, 0.6) is 0 Å². The lowest BCUT2D eigenvalue weighted by atomic mass is 10.4. The molecule has 1 heterocycles. The number of aryl methyl sites for hydroxylation is 1. The fraction of sp³-hybridized carbons (Fsp3) is 0.750. The lowest BCUT2D eigenvalue weighted by Crippen LogP contribution is -2.28. The highest BCUT2D eigenvalue weighted by atomic mass is 32.2. The number of nitrogens with zero attached hydrogens (tertiary/aromatic N) is 3. The number of aromatic nitrogens is 2. The Bertz CT molecular complexity index is 537. The summed E-state index contributed by atoms with van der Waals surface area (Å²) in [4.78, 5) is 2.22. The Labute approximate surface area is 120 Å². The van der Waals surface area contributed by atoms with Gasteiger partial charge >= 0.3 is 0 Å². The predicted octanol–water partition coefficient (Wildman–Crippen LogP) is -0.278. The van der Waals surface area contributed by atoms with E-state index in [1.165, 1.54) is 4.68 Å². The number of hydrogen-bond acceptors (Lipinski definition) is 5. The molecule has 2 N–H and O–H groups in total. The van der Waals surface area contributed by atoms with Gasteiger partial charge in [-0.25, -0.2) is 13.1 Å². The molecule has 0 bridgehead atoms. The van der Waals surface area contributed by atoms with Gasteiger partial charge in [-0.15, -0.1) is 0 Å². The monoisotopic (exact) mass is 304 g/mol. The van der Waals surface area contributed by atoms with Crippen LogP contribution < -0.4 is 4.72 Å². The number of aliphatic hydroxyl groups excluding tert-OH is 1. The maximum absolute atomic E-state index is 12.3. The van der Waals surface area contributed by atoms with Gasteiger partial charge < -0.3 is 10.0 Å². The number of sulfonamides is 1. The molecule has 1 aromatic rings. The smallest absolute Gasteiger partial charge is 0.244 e. The Hall–Kier alpha value is -0.960. The molecule has 0 saturated carbocycles. The average Bonchev–Trinajstić information content (AvgIpc) is 2.61. The lowest BCUT2D eigenvalue weighted by Gasteiger charge is -2.10. The van der Waals surface area contributed by atoms with Crippen LogP contribution in [0.3, 0.4) is 0 Å². The van der Waals surface area contributed by atoms with Crippen LogP contribution in [0.4, 0.5) is 0 Å². The highest BCUT2D eigenvalue weighted by Gasteiger charge is 2.23. The second-order valence-corrected chi connectivity index (χ2v) is 6.71. The third-order valence-corrected chi connectivity index (χ3v) is 4.68. The van der Waals surface area contributed by atoms with Gasteiger partial charge in [0.25, 0.3) is 0 Å². The van der Waals surface area contributed by atoms with Gasteiger partial charge in [-0.2, -0.15) is 5.10 Å². The van der Waals surface area contributed by atoms with Crippen molar-refractivity contribution in [3.8, 4) is 0 Å². The fourth-order valence-electron chi connectivity index (χ4n) is 2.06. The Morgan fingerprint density at radius 3 is 2.55 bits per heavy atom. The van der Waals surface area contributed by atoms with Gasteiger partial charge in [0.2, 0.25) is 10.0 Å². The van der Waals surface area contributed by atoms with Crippen molar-refractivity contribution in [3.05, 3.63) is 11.4 Å². The van der Waals surface area contributed by atoms with Gasteiger partial charge in [-0.1, -0.05) is 0 Å². The molecule has 0 aromatic carbocycles. The Morgan fingerprint density at radius 2 is 2.00 bits per heavy atom. The van der Waals surface area contributed by atoms with E-state index < -0.39 is 10.0 Å². The molecule has 20 heavy (non-hydrogen) atoms. The van der Waals surface area contributed by atoms with Crippen LogP contribution in [0.1, 0.15) is 17.8 Å². The summed E-state index contributed by atoms with van der Waals surface area (Å²) in [5.74, 6) is 0. The van der Waals surface area contributed by atoms with E-state index in [0.717, 1.165) is 13.0 Å². The molecule has 7 nitrogen and oxygen atoms in total. The molecule has 8 heteroatoms. The topological polar surface area (TPSA) is 87.5 Å². The number of aliphatic hydroxyl groups is 1. The van der Waals surface area contributed by atoms with Gasteiger partial charge in [0.15, 0.2) is 0 Å². The quantitative estimate of drug-likeness (QED) is 0.645. The molecule has 0 radical (unpaired) electrons. The first-order valence-electron chi connectivity index (χ1n) is 6.59. The molecule has 0 aliphatic rings. The van der Waals surface area contributed by atoms with E-state index in [9.17, 15) is 8.42 Å². The minimum absolute atomic E-state index is 0.0717. The summed E-state index contributed by atoms with van der Waals surface area (Å²) in [6.45, 7) is 4.80. The minimum atomic E-state index is -3.55. The van der Waals surface area contributed by atoms with Gasteiger partial charge in [0.1, 0.15) is 4.90 Å². The first-order chi connectivity index (χ1) is 9.29. The first-order valence-corrected chi connectivity index (χ1v) is 8.07. The van der Waals surface area contributed by atoms with Gasteiger partial charge in [0, 0.05) is 6.54 Å². The Kier molecular flexibility index (Phi) is 6.12. The van der Waals surface area contributed by atoms with Gasteiger partial charge in [-0.3, -0.25) is 4.68 Å². The molecular weight excluding hydrogens is 280 g/mol. The number of rotatable bonds is 8. The average molecular weight is 304 g/mol. The van der Waals surface area contributed by atoms with Crippen molar-refractivity contribution in [1.29, 1.82) is 0 Å². The minimum Gasteiger partial charge on any atom is -0.394 e. The zero-order valence-corrected chi connectivity index (χ0v) is 13.4. The zero-order chi connectivity index (χ0) is 15.3. The van der Waals surface area contributed by atoms with Crippen molar-refractivity contribution >= 4 is 10.0 Å². The van der Waals surface area contributed by atoms with Crippen LogP contribution in [0, 0.1) is 13.8 Å². The van der Waals surface area contributed by atoms with Gasteiger partial charge in [0.05, 0.1) is 24.5 Å². The van der Waals surface area contributed by atoms with E-state index in [2.05, 4.69) is 9.82 Å². The molecule has 1 aromatic heterocycles. The summed E-state index contributed by atoms with van der Waals surface area (Å²) in [7, 11) is 0.342. The van der Waals surface area contributed by atoms with Crippen molar-refractivity contribution < 1.29 is 13.5 Å². The molecule has 116 valence electrons. The predicted molar refractivity (Wildman–Crippen MR) is 77.1 cm³/mol. The maximum Gasteiger partial charge on any atom is 0.244 e. The van der Waals surface area contributed by atoms with Crippen molar-refractivity contribution in [2.24, 2.45) is 0 Å². The molecule has 0 unspecified atom stereocenters. The molecule has 0 aliphatic carbocycles. The third kappa shape index (κ3) is 4.27. The van der Waals surface area contributed by atoms with Crippen molar-refractivity contribution in [2.75, 3.05) is 33.8 Å². The van der Waals surface area contributed by atoms with Crippen LogP contribution >= 0.6 is 0 Å². The summed E-state index contributed by atoms with van der Waals surface area (Å²) in [6.07, 6.45) is 0.745. The molecule has 0 atom stereocenters. The molecule has 1 rings (SSSR count). The summed E-state index contributed by atoms with van der Waals surface area (Å²) in [5, 5.41) is 13.1. The molecule has 0 saturated heterocycles. The lowest BCUT2D eigenvalue weighted by molar-refractivity contribution is 0.267. The molecule has 0 aliphatic heterocycles. The van der Waals surface area contributed by atoms with Crippen LogP contribution in [-0.2, 0) is 16.6 Å². The van der Waals surface area contributed by atoms with Crippen molar-refractivity contribution in [1.82, 2.24) is 19.4 Å². The van der Waals surface area contributed by atoms with E-state index >= 15 is 0 Å². The van der Waals surface area contributed by atoms with Crippen LogP contribution in [-0.4, -0.2) is 62.0 Å². The van der Waals surface area contributed by atoms with E-state index in [1.54, 1.807) is 13.8 Å². The third-order valence-electron chi connectivity index (χ3n) is 2.97. The molecule has 0 amide bonds. The highest BCUT2D eigenvalue weighted by Crippen LogP contribution is 2.18. The maximum atomic E-state index is 12.3. The van der Waals surface area contributed by atoms with E-state index in [4.69, 9.17) is 5.11 Å². The second kappa shape index (κ2) is 7.16. The largest absolute Gasteiger partial charge is 0.394 e. The summed E-state index contributed by atoms with van der Waals surface area (Å²) in [5.41, 5.74) is 1.01. The van der Waals surface area contributed by atoms with Crippen LogP contribution in [0.25, 0.3) is 0 Å². The van der Waals surface area contributed by atoms with Crippen LogP contribution in [0.2, 0.25) is 0 Å². The highest BCUT2D eigenvalue weighted by molar-refractivity contribution is 7.89. The first kappa shape index (κ1) is 17.1. The molecule has 0 fully saturated rings. The Balaban J connectivity index is 2.82. The second-order valence-electron chi connectivity index (χ2n) is 5.00. The van der Waals surface area contributed by atoms with Crippen molar-refractivity contribution in [2.45, 2.75) is 31.7 Å². The summed E-state index contributed by atoms with van der Waals surface area (Å²) in [6, 6.07) is 0. The fourth-order valence-corrected chi connectivity index (χ4v) is 3.54. The summed E-state index contributed by atoms with van der Waals surface area (Å²) < 4.78 is 28.7. The zero-order valence-electron chi connectivity index (χ0n) is 12.5. The van der Waals surface area contributed by atoms with E-state index in [-0.39, 0.29) is 11.5 Å². The summed E-state index contributed by atoms with van der Waals surface area (Å²) >= 11 is 0. The van der Waals surface area contributed by atoms with Gasteiger partial charge in [-0.05, 0) is 40.9 Å². The SMILES string of the molecule is Cc1nn(CCO)c(C)c1S(=O)(=O)NCCCN(C)C. The van der Waals surface area contributed by atoms with E-state index in [0.29, 0.717) is 24.5 Å². The molecular formula is C12H24N4O3S. The standard InChI is InChI=1S/C12H24N4O3S/c1-10-12(11(2)16(14-10)8-9-17)20(18,19)13-6-5-7-15(3)4/h13,17H,5-9H2,1-4H3. The van der Waals surface area contributed by atoms with E-state index in [1.807, 2.05) is 19.0 Å². The Morgan fingerprint density at radius 1 is 1.35 bits per heavy atom. The van der Waals surface area contributed by atoms with Crippen molar-refractivity contribution in [3.63, 3.8) is 0 Å². The van der Waals surface area contributed by atoms with Crippen LogP contribution in [0.15, 0.2) is 4.90 Å². The number of hydrogen-bond donors (Lipinski definition) is 2.